The molecule has 0 fully saturated rings. The SMILES string of the molecule is CCCCCCCCOC(=O)OCCOCCOC(=O)O[C@@H](C)C(=O)OCCCC. The molecule has 1 atom stereocenters. The van der Waals surface area contributed by atoms with E-state index in [0.717, 1.165) is 32.1 Å². The van der Waals surface area contributed by atoms with E-state index in [1.54, 1.807) is 0 Å². The number of carbonyl (C=O) groups excluding carboxylic acids is 3. The normalized spacial score (nSPS) is 11.4. The highest BCUT2D eigenvalue weighted by molar-refractivity contribution is 5.76. The minimum Gasteiger partial charge on any atom is -0.463 e. The molecule has 0 unspecified atom stereocenters. The fourth-order valence-corrected chi connectivity index (χ4v) is 2.21. The third-order valence-corrected chi connectivity index (χ3v) is 3.96. The quantitative estimate of drug-likeness (QED) is 0.176. The van der Waals surface area contributed by atoms with E-state index in [4.69, 9.17) is 28.4 Å². The maximum absolute atomic E-state index is 11.6. The van der Waals surface area contributed by atoms with Gasteiger partial charge in [-0.15, -0.1) is 0 Å². The second-order valence-electron chi connectivity index (χ2n) is 6.71. The summed E-state index contributed by atoms with van der Waals surface area (Å²) in [6.45, 7) is 6.43. The standard InChI is InChI=1S/C21H38O9/c1-4-6-8-9-10-11-13-27-20(23)28-16-14-25-15-17-29-21(24)30-18(3)19(22)26-12-7-5-2/h18H,4-17H2,1-3H3/t18-/m0/s1. The van der Waals surface area contributed by atoms with Gasteiger partial charge in [-0.05, 0) is 19.8 Å². The average Bonchev–Trinajstić information content (AvgIpc) is 2.72. The molecule has 0 spiro atoms. The predicted octanol–water partition coefficient (Wildman–Crippen LogP) is 4.40. The summed E-state index contributed by atoms with van der Waals surface area (Å²) in [5, 5.41) is 0. The van der Waals surface area contributed by atoms with Crippen molar-refractivity contribution in [2.45, 2.75) is 78.2 Å². The van der Waals surface area contributed by atoms with E-state index in [1.165, 1.54) is 26.2 Å². The van der Waals surface area contributed by atoms with Crippen molar-refractivity contribution in [2.75, 3.05) is 39.6 Å². The highest BCUT2D eigenvalue weighted by Gasteiger charge is 2.19. The molecule has 176 valence electrons. The van der Waals surface area contributed by atoms with E-state index >= 15 is 0 Å². The van der Waals surface area contributed by atoms with Crippen LogP contribution in [-0.2, 0) is 33.2 Å². The van der Waals surface area contributed by atoms with Gasteiger partial charge in [0.1, 0.15) is 13.2 Å². The second kappa shape index (κ2) is 20.3. The Morgan fingerprint density at radius 2 is 1.13 bits per heavy atom. The third-order valence-electron chi connectivity index (χ3n) is 3.96. The molecule has 0 aliphatic heterocycles. The summed E-state index contributed by atoms with van der Waals surface area (Å²) in [6.07, 6.45) is 5.59. The minimum atomic E-state index is -1.04. The van der Waals surface area contributed by atoms with Crippen LogP contribution in [0.25, 0.3) is 0 Å². The van der Waals surface area contributed by atoms with Crippen LogP contribution >= 0.6 is 0 Å². The van der Waals surface area contributed by atoms with Crippen molar-refractivity contribution in [3.63, 3.8) is 0 Å². The van der Waals surface area contributed by atoms with E-state index < -0.39 is 24.4 Å². The number of carbonyl (C=O) groups is 3. The molecule has 0 aromatic carbocycles. The fraction of sp³-hybridized carbons (Fsp3) is 0.857. The molecule has 0 aliphatic carbocycles. The van der Waals surface area contributed by atoms with E-state index in [1.807, 2.05) is 6.92 Å². The lowest BCUT2D eigenvalue weighted by molar-refractivity contribution is -0.154. The zero-order valence-electron chi connectivity index (χ0n) is 18.7. The van der Waals surface area contributed by atoms with Crippen molar-refractivity contribution in [2.24, 2.45) is 0 Å². The summed E-state index contributed by atoms with van der Waals surface area (Å²) >= 11 is 0. The van der Waals surface area contributed by atoms with Gasteiger partial charge in [0, 0.05) is 0 Å². The Morgan fingerprint density at radius 3 is 1.80 bits per heavy atom. The van der Waals surface area contributed by atoms with Crippen LogP contribution in [0, 0.1) is 0 Å². The zero-order valence-corrected chi connectivity index (χ0v) is 18.7. The van der Waals surface area contributed by atoms with Gasteiger partial charge in [-0.25, -0.2) is 14.4 Å². The van der Waals surface area contributed by atoms with Crippen molar-refractivity contribution in [3.8, 4) is 0 Å². The van der Waals surface area contributed by atoms with Crippen molar-refractivity contribution < 1.29 is 42.8 Å². The number of ether oxygens (including phenoxy) is 6. The lowest BCUT2D eigenvalue weighted by Crippen LogP contribution is -2.27. The molecule has 0 N–H and O–H groups in total. The average molecular weight is 435 g/mol. The van der Waals surface area contributed by atoms with Crippen molar-refractivity contribution >= 4 is 18.3 Å². The van der Waals surface area contributed by atoms with E-state index in [2.05, 4.69) is 6.92 Å². The Labute approximate surface area is 179 Å². The summed E-state index contributed by atoms with van der Waals surface area (Å²) in [6, 6.07) is 0. The van der Waals surface area contributed by atoms with Crippen LogP contribution < -0.4 is 0 Å². The molecular weight excluding hydrogens is 396 g/mol. The van der Waals surface area contributed by atoms with Gasteiger partial charge in [0.15, 0.2) is 6.10 Å². The molecule has 0 amide bonds. The Bertz CT molecular complexity index is 454. The van der Waals surface area contributed by atoms with E-state index in [-0.39, 0.29) is 26.4 Å². The second-order valence-corrected chi connectivity index (χ2v) is 6.71. The Balaban J connectivity index is 3.50. The first kappa shape index (κ1) is 28.0. The molecule has 0 rings (SSSR count). The molecule has 9 heteroatoms. The van der Waals surface area contributed by atoms with Crippen LogP contribution in [0.1, 0.15) is 72.1 Å². The monoisotopic (exact) mass is 434 g/mol. The maximum Gasteiger partial charge on any atom is 0.509 e. The smallest absolute Gasteiger partial charge is 0.463 e. The van der Waals surface area contributed by atoms with Crippen molar-refractivity contribution in [1.29, 1.82) is 0 Å². The molecule has 0 saturated heterocycles. The molecular formula is C21H38O9. The van der Waals surface area contributed by atoms with Gasteiger partial charge < -0.3 is 28.4 Å². The molecule has 0 aromatic heterocycles. The van der Waals surface area contributed by atoms with Gasteiger partial charge in [0.2, 0.25) is 0 Å². The Kier molecular flexibility index (Phi) is 18.9. The van der Waals surface area contributed by atoms with Crippen LogP contribution in [0.2, 0.25) is 0 Å². The van der Waals surface area contributed by atoms with Crippen molar-refractivity contribution in [3.05, 3.63) is 0 Å². The van der Waals surface area contributed by atoms with Crippen molar-refractivity contribution in [1.82, 2.24) is 0 Å². The summed E-state index contributed by atoms with van der Waals surface area (Å²) < 4.78 is 29.5. The number of hydrogen-bond donors (Lipinski definition) is 0. The van der Waals surface area contributed by atoms with E-state index in [0.29, 0.717) is 13.2 Å². The topological polar surface area (TPSA) is 107 Å². The van der Waals surface area contributed by atoms with Gasteiger partial charge >= 0.3 is 18.3 Å². The Hall–Kier alpha value is -2.03. The highest BCUT2D eigenvalue weighted by atomic mass is 16.7. The summed E-state index contributed by atoms with van der Waals surface area (Å²) in [7, 11) is 0. The van der Waals surface area contributed by atoms with Crippen LogP contribution in [-0.4, -0.2) is 64.0 Å². The van der Waals surface area contributed by atoms with Gasteiger partial charge in [-0.2, -0.15) is 0 Å². The van der Waals surface area contributed by atoms with Gasteiger partial charge in [0.25, 0.3) is 0 Å². The number of rotatable bonds is 18. The molecule has 0 bridgehead atoms. The zero-order chi connectivity index (χ0) is 22.5. The van der Waals surface area contributed by atoms with Crippen LogP contribution in [0.15, 0.2) is 0 Å². The van der Waals surface area contributed by atoms with Gasteiger partial charge in [-0.1, -0.05) is 52.4 Å². The first-order valence-corrected chi connectivity index (χ1v) is 10.9. The highest BCUT2D eigenvalue weighted by Crippen LogP contribution is 2.05. The van der Waals surface area contributed by atoms with Gasteiger partial charge in [-0.3, -0.25) is 0 Å². The van der Waals surface area contributed by atoms with Crippen LogP contribution in [0.3, 0.4) is 0 Å². The largest absolute Gasteiger partial charge is 0.509 e. The third kappa shape index (κ3) is 18.0. The molecule has 0 saturated carbocycles. The molecule has 0 heterocycles. The maximum atomic E-state index is 11.6. The summed E-state index contributed by atoms with van der Waals surface area (Å²) in [5.41, 5.74) is 0. The summed E-state index contributed by atoms with van der Waals surface area (Å²) in [4.78, 5) is 34.4. The fourth-order valence-electron chi connectivity index (χ4n) is 2.21. The molecule has 9 nitrogen and oxygen atoms in total. The first-order chi connectivity index (χ1) is 14.5. The number of esters is 1. The van der Waals surface area contributed by atoms with Gasteiger partial charge in [0.05, 0.1) is 26.4 Å². The first-order valence-electron chi connectivity index (χ1n) is 10.9. The molecule has 30 heavy (non-hydrogen) atoms. The predicted molar refractivity (Wildman–Crippen MR) is 109 cm³/mol. The molecule has 0 aliphatic rings. The molecule has 0 radical (unpaired) electrons. The minimum absolute atomic E-state index is 0.0421. The molecule has 0 aromatic rings. The number of unbranched alkanes of at least 4 members (excludes halogenated alkanes) is 6. The van der Waals surface area contributed by atoms with E-state index in [9.17, 15) is 14.4 Å². The Morgan fingerprint density at radius 1 is 0.600 bits per heavy atom. The summed E-state index contributed by atoms with van der Waals surface area (Å²) in [5.74, 6) is -0.614. The van der Waals surface area contributed by atoms with Crippen LogP contribution in [0.5, 0.6) is 0 Å². The number of hydrogen-bond acceptors (Lipinski definition) is 9. The lowest BCUT2D eigenvalue weighted by Gasteiger charge is -2.12. The van der Waals surface area contributed by atoms with Crippen LogP contribution in [0.4, 0.5) is 9.59 Å². The lowest BCUT2D eigenvalue weighted by atomic mass is 10.1.